The molecule has 1 saturated carbocycles. The molecule has 1 fully saturated rings. The van der Waals surface area contributed by atoms with E-state index in [1.165, 1.54) is 4.68 Å². The average Bonchev–Trinajstić information content (AvgIpc) is 3.49. The van der Waals surface area contributed by atoms with E-state index < -0.39 is 6.04 Å². The Kier molecular flexibility index (Phi) is 5.88. The Labute approximate surface area is 181 Å². The Morgan fingerprint density at radius 2 is 1.81 bits per heavy atom. The van der Waals surface area contributed by atoms with Crippen molar-refractivity contribution in [2.24, 2.45) is 20.0 Å². The van der Waals surface area contributed by atoms with Gasteiger partial charge in [0, 0.05) is 31.5 Å². The summed E-state index contributed by atoms with van der Waals surface area (Å²) in [5.41, 5.74) is 4.18. The number of hydrogen-bond acceptors (Lipinski definition) is 4. The minimum atomic E-state index is -0.580. The van der Waals surface area contributed by atoms with Gasteiger partial charge in [-0.25, -0.2) is 4.98 Å². The lowest BCUT2D eigenvalue weighted by molar-refractivity contribution is -0.119. The van der Waals surface area contributed by atoms with Crippen LogP contribution >= 0.6 is 0 Å². The third kappa shape index (κ3) is 4.38. The predicted molar refractivity (Wildman–Crippen MR) is 118 cm³/mol. The molecule has 162 valence electrons. The molecule has 0 bridgehead atoms. The number of nitrogens with zero attached hydrogens (tertiary/aromatic N) is 4. The number of amides is 2. The van der Waals surface area contributed by atoms with E-state index in [0.29, 0.717) is 11.4 Å². The third-order valence-electron chi connectivity index (χ3n) is 6.04. The molecule has 0 saturated heterocycles. The number of anilines is 1. The van der Waals surface area contributed by atoms with Crippen LogP contribution in [-0.4, -0.2) is 37.2 Å². The maximum absolute atomic E-state index is 13.1. The van der Waals surface area contributed by atoms with Crippen molar-refractivity contribution in [3.63, 3.8) is 0 Å². The van der Waals surface area contributed by atoms with E-state index >= 15 is 0 Å². The van der Waals surface area contributed by atoms with Crippen molar-refractivity contribution >= 4 is 17.5 Å². The van der Waals surface area contributed by atoms with Crippen molar-refractivity contribution in [3.05, 3.63) is 54.2 Å². The van der Waals surface area contributed by atoms with Crippen molar-refractivity contribution in [1.29, 1.82) is 0 Å². The molecule has 8 nitrogen and oxygen atoms in total. The predicted octanol–water partition coefficient (Wildman–Crippen LogP) is 3.06. The first-order valence-electron chi connectivity index (χ1n) is 10.6. The lowest BCUT2D eigenvalue weighted by atomic mass is 9.97. The van der Waals surface area contributed by atoms with Crippen LogP contribution in [0.25, 0.3) is 11.3 Å². The summed E-state index contributed by atoms with van der Waals surface area (Å²) in [6.45, 7) is 1.97. The summed E-state index contributed by atoms with van der Waals surface area (Å²) in [7, 11) is 3.67. The number of carbonyl (C=O) groups is 2. The molecule has 0 aliphatic heterocycles. The molecule has 2 aromatic heterocycles. The zero-order chi connectivity index (χ0) is 22.0. The SMILES string of the molecule is Cc1ncn(C)c1-c1ccc(NC(=O)C(NC(=O)c2ccnn2C)C2CCCC2)cc1. The monoisotopic (exact) mass is 420 g/mol. The smallest absolute Gasteiger partial charge is 0.270 e. The molecule has 8 heteroatoms. The van der Waals surface area contributed by atoms with Gasteiger partial charge in [-0.05, 0) is 43.9 Å². The normalized spacial score (nSPS) is 15.1. The summed E-state index contributed by atoms with van der Waals surface area (Å²) >= 11 is 0. The minimum absolute atomic E-state index is 0.133. The quantitative estimate of drug-likeness (QED) is 0.641. The van der Waals surface area contributed by atoms with E-state index in [4.69, 9.17) is 0 Å². The number of hydrogen-bond donors (Lipinski definition) is 2. The maximum atomic E-state index is 13.1. The molecule has 31 heavy (non-hydrogen) atoms. The van der Waals surface area contributed by atoms with Crippen LogP contribution in [0.2, 0.25) is 0 Å². The average molecular weight is 421 g/mol. The first kappa shape index (κ1) is 20.8. The summed E-state index contributed by atoms with van der Waals surface area (Å²) in [5, 5.41) is 9.98. The summed E-state index contributed by atoms with van der Waals surface area (Å²) in [5.74, 6) is -0.338. The summed E-state index contributed by atoms with van der Waals surface area (Å²) < 4.78 is 3.49. The molecule has 4 rings (SSSR count). The molecular formula is C23H28N6O2. The Balaban J connectivity index is 1.49. The van der Waals surface area contributed by atoms with Crippen LogP contribution in [0.3, 0.4) is 0 Å². The topological polar surface area (TPSA) is 93.8 Å². The highest BCUT2D eigenvalue weighted by molar-refractivity contribution is 6.00. The van der Waals surface area contributed by atoms with Crippen LogP contribution in [0.4, 0.5) is 5.69 Å². The zero-order valence-electron chi connectivity index (χ0n) is 18.1. The number of nitrogens with one attached hydrogen (secondary N) is 2. The van der Waals surface area contributed by atoms with Gasteiger partial charge in [0.15, 0.2) is 0 Å². The van der Waals surface area contributed by atoms with Gasteiger partial charge < -0.3 is 15.2 Å². The fourth-order valence-electron chi connectivity index (χ4n) is 4.39. The van der Waals surface area contributed by atoms with E-state index in [-0.39, 0.29) is 17.7 Å². The van der Waals surface area contributed by atoms with Gasteiger partial charge in [-0.1, -0.05) is 25.0 Å². The molecule has 1 aromatic carbocycles. The lowest BCUT2D eigenvalue weighted by Gasteiger charge is -2.24. The molecule has 1 aliphatic rings. The highest BCUT2D eigenvalue weighted by Gasteiger charge is 2.32. The van der Waals surface area contributed by atoms with Crippen molar-refractivity contribution in [1.82, 2.24) is 24.6 Å². The summed E-state index contributed by atoms with van der Waals surface area (Å²) in [4.78, 5) is 30.2. The molecule has 3 aromatic rings. The Hall–Kier alpha value is -3.42. The van der Waals surface area contributed by atoms with E-state index in [1.54, 1.807) is 25.6 Å². The molecule has 1 aliphatic carbocycles. The van der Waals surface area contributed by atoms with Gasteiger partial charge in [0.25, 0.3) is 5.91 Å². The first-order chi connectivity index (χ1) is 14.9. The largest absolute Gasteiger partial charge is 0.339 e. The molecule has 2 amide bonds. The van der Waals surface area contributed by atoms with Crippen molar-refractivity contribution in [2.75, 3.05) is 5.32 Å². The van der Waals surface area contributed by atoms with E-state index in [0.717, 1.165) is 42.6 Å². The van der Waals surface area contributed by atoms with Gasteiger partial charge in [-0.3, -0.25) is 14.3 Å². The standard InChI is InChI=1S/C23H28N6O2/c1-15-21(28(2)14-24-15)17-8-10-18(11-9-17)26-23(31)20(16-6-4-5-7-16)27-22(30)19-12-13-25-29(19)3/h8-14,16,20H,4-7H2,1-3H3,(H,26,31)(H,27,30). The Morgan fingerprint density at radius 3 is 2.39 bits per heavy atom. The van der Waals surface area contributed by atoms with E-state index in [2.05, 4.69) is 20.7 Å². The summed E-state index contributed by atoms with van der Waals surface area (Å²) in [6, 6.07) is 8.78. The number of rotatable bonds is 6. The maximum Gasteiger partial charge on any atom is 0.270 e. The molecular weight excluding hydrogens is 392 g/mol. The van der Waals surface area contributed by atoms with E-state index in [1.807, 2.05) is 42.8 Å². The van der Waals surface area contributed by atoms with Gasteiger partial charge >= 0.3 is 0 Å². The molecule has 0 spiro atoms. The molecule has 2 N–H and O–H groups in total. The first-order valence-corrected chi connectivity index (χ1v) is 10.6. The van der Waals surface area contributed by atoms with Gasteiger partial charge in [-0.15, -0.1) is 0 Å². The minimum Gasteiger partial charge on any atom is -0.339 e. The zero-order valence-corrected chi connectivity index (χ0v) is 18.1. The van der Waals surface area contributed by atoms with Crippen molar-refractivity contribution in [2.45, 2.75) is 38.6 Å². The number of imidazole rings is 1. The number of carbonyl (C=O) groups excluding carboxylic acids is 2. The highest BCUT2D eigenvalue weighted by atomic mass is 16.2. The van der Waals surface area contributed by atoms with Crippen LogP contribution in [0, 0.1) is 12.8 Å². The second-order valence-electron chi connectivity index (χ2n) is 8.19. The van der Waals surface area contributed by atoms with Crippen LogP contribution in [0.5, 0.6) is 0 Å². The van der Waals surface area contributed by atoms with Gasteiger partial charge in [0.2, 0.25) is 5.91 Å². The van der Waals surface area contributed by atoms with Crippen molar-refractivity contribution in [3.8, 4) is 11.3 Å². The fraction of sp³-hybridized carbons (Fsp3) is 0.391. The molecule has 0 radical (unpaired) electrons. The van der Waals surface area contributed by atoms with E-state index in [9.17, 15) is 9.59 Å². The number of aryl methyl sites for hydroxylation is 3. The van der Waals surface area contributed by atoms with Crippen LogP contribution in [0.15, 0.2) is 42.9 Å². The van der Waals surface area contributed by atoms with Gasteiger partial charge in [0.1, 0.15) is 11.7 Å². The molecule has 1 unspecified atom stereocenters. The van der Waals surface area contributed by atoms with Crippen LogP contribution in [-0.2, 0) is 18.9 Å². The fourth-order valence-corrected chi connectivity index (χ4v) is 4.39. The lowest BCUT2D eigenvalue weighted by Crippen LogP contribution is -2.48. The second kappa shape index (κ2) is 8.75. The van der Waals surface area contributed by atoms with Crippen LogP contribution in [0.1, 0.15) is 41.9 Å². The Morgan fingerprint density at radius 1 is 1.10 bits per heavy atom. The molecule has 1 atom stereocenters. The van der Waals surface area contributed by atoms with Crippen molar-refractivity contribution < 1.29 is 9.59 Å². The van der Waals surface area contributed by atoms with Gasteiger partial charge in [-0.2, -0.15) is 5.10 Å². The third-order valence-corrected chi connectivity index (χ3v) is 6.04. The number of aromatic nitrogens is 4. The van der Waals surface area contributed by atoms with Gasteiger partial charge in [0.05, 0.1) is 17.7 Å². The Bertz CT molecular complexity index is 1060. The second-order valence-corrected chi connectivity index (χ2v) is 8.19. The molecule has 2 heterocycles. The van der Waals surface area contributed by atoms with Crippen LogP contribution < -0.4 is 10.6 Å². The summed E-state index contributed by atoms with van der Waals surface area (Å²) in [6.07, 6.45) is 7.39. The highest BCUT2D eigenvalue weighted by Crippen LogP contribution is 2.29. The number of benzene rings is 1.